The number of nitrogens with zero attached hydrogens (tertiary/aromatic N) is 1. The largest absolute Gasteiger partial charge is 0.493 e. The molecule has 164 valence electrons. The summed E-state index contributed by atoms with van der Waals surface area (Å²) < 4.78 is 10.8. The number of thiazole rings is 1. The average molecular weight is 489 g/mol. The number of imide groups is 1. The zero-order chi connectivity index (χ0) is 22.6. The van der Waals surface area contributed by atoms with Gasteiger partial charge in [0.25, 0.3) is 0 Å². The Morgan fingerprint density at radius 2 is 1.69 bits per heavy atom. The molecule has 2 aliphatic heterocycles. The molecule has 3 unspecified atom stereocenters. The standard InChI is InChI=1S/C22H17ClN2O5S2/c1-29-13-8-3-10(9-14(13)30-2)15-16-18(31-19-17(15)32-22(28)24-19)21(27)25(20(16)26)12-6-4-11(23)5-7-12/h3-9,15-16,18H,1-2H3,(H,24,28). The van der Waals surface area contributed by atoms with Crippen molar-refractivity contribution in [2.45, 2.75) is 16.2 Å². The maximum absolute atomic E-state index is 13.6. The van der Waals surface area contributed by atoms with Crippen LogP contribution in [0.15, 0.2) is 52.3 Å². The summed E-state index contributed by atoms with van der Waals surface area (Å²) in [7, 11) is 3.08. The Hall–Kier alpha value is -2.75. The summed E-state index contributed by atoms with van der Waals surface area (Å²) >= 11 is 8.29. The van der Waals surface area contributed by atoms with Crippen molar-refractivity contribution in [1.82, 2.24) is 4.98 Å². The molecule has 2 aliphatic rings. The van der Waals surface area contributed by atoms with Crippen LogP contribution in [0.1, 0.15) is 16.4 Å². The number of hydrogen-bond donors (Lipinski definition) is 1. The van der Waals surface area contributed by atoms with Gasteiger partial charge in [-0.05, 0) is 42.0 Å². The highest BCUT2D eigenvalue weighted by Gasteiger charge is 2.56. The third-order valence-corrected chi connectivity index (χ3v) is 8.33. The number of anilines is 1. The topological polar surface area (TPSA) is 88.7 Å². The molecule has 1 fully saturated rings. The molecule has 0 radical (unpaired) electrons. The fraction of sp³-hybridized carbons (Fsp3) is 0.227. The van der Waals surface area contributed by atoms with Gasteiger partial charge in [0.15, 0.2) is 11.5 Å². The molecule has 2 aromatic carbocycles. The lowest BCUT2D eigenvalue weighted by atomic mass is 9.83. The third-order valence-electron chi connectivity index (χ3n) is 5.68. The quantitative estimate of drug-likeness (QED) is 0.560. The molecule has 3 aromatic rings. The van der Waals surface area contributed by atoms with Gasteiger partial charge in [-0.25, -0.2) is 4.90 Å². The minimum absolute atomic E-state index is 0.220. The first-order chi connectivity index (χ1) is 15.4. The van der Waals surface area contributed by atoms with E-state index < -0.39 is 17.1 Å². The number of carbonyl (C=O) groups excluding carboxylic acids is 2. The van der Waals surface area contributed by atoms with Crippen molar-refractivity contribution in [2.75, 3.05) is 19.1 Å². The second-order valence-corrected chi connectivity index (χ2v) is 9.96. The molecule has 0 saturated carbocycles. The molecular formula is C22H17ClN2O5S2. The van der Waals surface area contributed by atoms with Crippen molar-refractivity contribution >= 4 is 52.2 Å². The van der Waals surface area contributed by atoms with Crippen LogP contribution in [0.4, 0.5) is 5.69 Å². The zero-order valence-electron chi connectivity index (χ0n) is 17.0. The van der Waals surface area contributed by atoms with Crippen LogP contribution >= 0.6 is 34.7 Å². The fourth-order valence-corrected chi connectivity index (χ4v) is 6.91. The lowest BCUT2D eigenvalue weighted by molar-refractivity contribution is -0.122. The number of aromatic amines is 1. The van der Waals surface area contributed by atoms with Crippen LogP contribution in [-0.4, -0.2) is 36.3 Å². The molecule has 0 spiro atoms. The smallest absolute Gasteiger partial charge is 0.305 e. The van der Waals surface area contributed by atoms with Gasteiger partial charge in [0.2, 0.25) is 11.8 Å². The summed E-state index contributed by atoms with van der Waals surface area (Å²) in [5.41, 5.74) is 1.25. The summed E-state index contributed by atoms with van der Waals surface area (Å²) in [6.45, 7) is 0. The number of H-pyrrole nitrogens is 1. The van der Waals surface area contributed by atoms with E-state index in [0.717, 1.165) is 21.8 Å². The van der Waals surface area contributed by atoms with Gasteiger partial charge in [0, 0.05) is 15.8 Å². The molecule has 10 heteroatoms. The first-order valence-corrected chi connectivity index (χ1v) is 11.7. The monoisotopic (exact) mass is 488 g/mol. The Labute approximate surface area is 196 Å². The number of benzene rings is 2. The van der Waals surface area contributed by atoms with E-state index in [1.54, 1.807) is 43.5 Å². The van der Waals surface area contributed by atoms with Crippen molar-refractivity contribution in [3.05, 3.63) is 67.6 Å². The second kappa shape index (κ2) is 7.99. The summed E-state index contributed by atoms with van der Waals surface area (Å²) in [4.78, 5) is 43.7. The van der Waals surface area contributed by atoms with Crippen molar-refractivity contribution in [3.63, 3.8) is 0 Å². The number of thioether (sulfide) groups is 1. The average Bonchev–Trinajstić information content (AvgIpc) is 3.28. The van der Waals surface area contributed by atoms with Crippen LogP contribution in [0, 0.1) is 5.92 Å². The molecular weight excluding hydrogens is 472 g/mol. The Balaban J connectivity index is 1.65. The van der Waals surface area contributed by atoms with Gasteiger partial charge in [-0.1, -0.05) is 40.8 Å². The Morgan fingerprint density at radius 3 is 2.38 bits per heavy atom. The predicted molar refractivity (Wildman–Crippen MR) is 123 cm³/mol. The number of amides is 2. The number of rotatable bonds is 4. The number of fused-ring (bicyclic) bond motifs is 2. The zero-order valence-corrected chi connectivity index (χ0v) is 19.3. The maximum atomic E-state index is 13.6. The molecule has 32 heavy (non-hydrogen) atoms. The van der Waals surface area contributed by atoms with E-state index in [-0.39, 0.29) is 16.7 Å². The van der Waals surface area contributed by atoms with E-state index in [9.17, 15) is 14.4 Å². The van der Waals surface area contributed by atoms with Gasteiger partial charge in [-0.3, -0.25) is 14.4 Å². The normalized spacial score (nSPS) is 22.0. The van der Waals surface area contributed by atoms with Crippen LogP contribution in [0.5, 0.6) is 11.5 Å². The number of halogens is 1. The fourth-order valence-electron chi connectivity index (χ4n) is 4.27. The second-order valence-electron chi connectivity index (χ2n) is 7.35. The molecule has 7 nitrogen and oxygen atoms in total. The van der Waals surface area contributed by atoms with E-state index in [0.29, 0.717) is 27.2 Å². The Morgan fingerprint density at radius 1 is 0.969 bits per heavy atom. The molecule has 5 rings (SSSR count). The van der Waals surface area contributed by atoms with Crippen LogP contribution in [0.3, 0.4) is 0 Å². The SMILES string of the molecule is COc1ccc(C2c3sc(=O)[nH]c3SC3C(=O)N(c4ccc(Cl)cc4)C(=O)C32)cc1OC. The van der Waals surface area contributed by atoms with Crippen LogP contribution in [-0.2, 0) is 9.59 Å². The number of ether oxygens (including phenoxy) is 2. The first-order valence-electron chi connectivity index (χ1n) is 9.68. The van der Waals surface area contributed by atoms with Crippen molar-refractivity contribution in [1.29, 1.82) is 0 Å². The van der Waals surface area contributed by atoms with Gasteiger partial charge >= 0.3 is 4.87 Å². The van der Waals surface area contributed by atoms with Gasteiger partial charge in [0.05, 0.1) is 30.9 Å². The summed E-state index contributed by atoms with van der Waals surface area (Å²) in [5.74, 6) is -0.696. The Kier molecular flexibility index (Phi) is 5.27. The van der Waals surface area contributed by atoms with E-state index in [1.807, 2.05) is 6.07 Å². The van der Waals surface area contributed by atoms with Crippen LogP contribution in [0.2, 0.25) is 5.02 Å². The van der Waals surface area contributed by atoms with Crippen molar-refractivity contribution < 1.29 is 19.1 Å². The lowest BCUT2D eigenvalue weighted by Gasteiger charge is -2.30. The molecule has 3 heterocycles. The van der Waals surface area contributed by atoms with Crippen LogP contribution in [0.25, 0.3) is 0 Å². The predicted octanol–water partition coefficient (Wildman–Crippen LogP) is 3.90. The highest BCUT2D eigenvalue weighted by molar-refractivity contribution is 8.00. The maximum Gasteiger partial charge on any atom is 0.305 e. The van der Waals surface area contributed by atoms with E-state index in [2.05, 4.69) is 4.98 Å². The minimum Gasteiger partial charge on any atom is -0.493 e. The number of carbonyl (C=O) groups is 2. The van der Waals surface area contributed by atoms with Crippen molar-refractivity contribution in [3.8, 4) is 11.5 Å². The minimum atomic E-state index is -0.666. The molecule has 0 aliphatic carbocycles. The molecule has 1 saturated heterocycles. The molecule has 1 aromatic heterocycles. The Bertz CT molecular complexity index is 1290. The molecule has 2 amide bonds. The first kappa shape index (κ1) is 21.1. The van der Waals surface area contributed by atoms with E-state index in [4.69, 9.17) is 21.1 Å². The van der Waals surface area contributed by atoms with Crippen molar-refractivity contribution in [2.24, 2.45) is 5.92 Å². The summed E-state index contributed by atoms with van der Waals surface area (Å²) in [6, 6.07) is 12.0. The van der Waals surface area contributed by atoms with Crippen LogP contribution < -0.4 is 19.2 Å². The van der Waals surface area contributed by atoms with Gasteiger partial charge in [-0.2, -0.15) is 0 Å². The van der Waals surface area contributed by atoms with Gasteiger partial charge in [-0.15, -0.1) is 0 Å². The molecule has 0 bridgehead atoms. The molecule has 3 atom stereocenters. The highest BCUT2D eigenvalue weighted by Crippen LogP contribution is 2.53. The summed E-state index contributed by atoms with van der Waals surface area (Å²) in [6.07, 6.45) is 0. The number of aromatic nitrogens is 1. The molecule has 1 N–H and O–H groups in total. The highest BCUT2D eigenvalue weighted by atomic mass is 35.5. The van der Waals surface area contributed by atoms with E-state index in [1.165, 1.54) is 23.8 Å². The number of methoxy groups -OCH3 is 2. The number of hydrogen-bond acceptors (Lipinski definition) is 7. The number of nitrogens with one attached hydrogen (secondary N) is 1. The van der Waals surface area contributed by atoms with Gasteiger partial charge < -0.3 is 14.5 Å². The summed E-state index contributed by atoms with van der Waals surface area (Å²) in [5, 5.41) is 0.483. The third kappa shape index (κ3) is 3.23. The lowest BCUT2D eigenvalue weighted by Crippen LogP contribution is -2.32. The van der Waals surface area contributed by atoms with E-state index >= 15 is 0 Å². The van der Waals surface area contributed by atoms with Gasteiger partial charge in [0.1, 0.15) is 5.25 Å².